The first-order valence-corrected chi connectivity index (χ1v) is 4.70. The highest BCUT2D eigenvalue weighted by atomic mass is 31.1. The van der Waals surface area contributed by atoms with E-state index in [0.717, 1.165) is 0 Å². The second-order valence-corrected chi connectivity index (χ2v) is 4.82. The monoisotopic (exact) mass is 171 g/mol. The summed E-state index contributed by atoms with van der Waals surface area (Å²) in [5.41, 5.74) is 0.567. The van der Waals surface area contributed by atoms with Gasteiger partial charge >= 0.3 is 0 Å². The molecule has 0 saturated carbocycles. The number of rotatable bonds is 2. The summed E-state index contributed by atoms with van der Waals surface area (Å²) < 4.78 is 0. The molecule has 1 aliphatic rings. The van der Waals surface area contributed by atoms with Gasteiger partial charge in [0.2, 0.25) is 0 Å². The van der Waals surface area contributed by atoms with Crippen molar-refractivity contribution in [3.05, 3.63) is 11.4 Å². The third kappa shape index (κ3) is 1.52. The summed E-state index contributed by atoms with van der Waals surface area (Å²) in [6.07, 6.45) is 1.54. The van der Waals surface area contributed by atoms with Gasteiger partial charge in [0, 0.05) is 5.41 Å². The van der Waals surface area contributed by atoms with Crippen LogP contribution in [0.5, 0.6) is 0 Å². The SMILES string of the molecule is C[C@H](O)C(C)(C)C1=CC(=N)P1. The predicted octanol–water partition coefficient (Wildman–Crippen LogP) is 1.95. The van der Waals surface area contributed by atoms with E-state index >= 15 is 0 Å². The van der Waals surface area contributed by atoms with E-state index in [4.69, 9.17) is 5.41 Å². The molecule has 0 aromatic heterocycles. The molecule has 2 N–H and O–H groups in total. The first-order valence-electron chi connectivity index (χ1n) is 3.70. The summed E-state index contributed by atoms with van der Waals surface area (Å²) in [7, 11) is 0.514. The average molecular weight is 171 g/mol. The molecule has 0 radical (unpaired) electrons. The molecule has 0 saturated heterocycles. The van der Waals surface area contributed by atoms with Gasteiger partial charge in [-0.05, 0) is 26.9 Å². The highest BCUT2D eigenvalue weighted by Gasteiger charge is 2.32. The van der Waals surface area contributed by atoms with Crippen LogP contribution in [0.25, 0.3) is 0 Å². The quantitative estimate of drug-likeness (QED) is 0.613. The molecule has 0 spiro atoms. The van der Waals surface area contributed by atoms with Gasteiger partial charge in [-0.1, -0.05) is 13.8 Å². The van der Waals surface area contributed by atoms with Crippen LogP contribution in [0.1, 0.15) is 20.8 Å². The Labute approximate surface area is 69.0 Å². The van der Waals surface area contributed by atoms with Gasteiger partial charge in [-0.2, -0.15) is 0 Å². The van der Waals surface area contributed by atoms with Crippen LogP contribution in [-0.2, 0) is 0 Å². The standard InChI is InChI=1S/C8H14NOP/c1-5(10)8(2,3)6-4-7(9)11-6/h4-5,9-11H,1-3H3/t5-/m0/s1. The highest BCUT2D eigenvalue weighted by Crippen LogP contribution is 2.48. The van der Waals surface area contributed by atoms with Gasteiger partial charge in [-0.15, -0.1) is 0 Å². The minimum absolute atomic E-state index is 0.136. The van der Waals surface area contributed by atoms with Crippen LogP contribution >= 0.6 is 8.58 Å². The fraction of sp³-hybridized carbons (Fsp3) is 0.625. The third-order valence-corrected chi connectivity index (χ3v) is 3.77. The summed E-state index contributed by atoms with van der Waals surface area (Å²) in [4.78, 5) is 0. The van der Waals surface area contributed by atoms with E-state index in [1.807, 2.05) is 19.9 Å². The molecule has 0 fully saturated rings. The Morgan fingerprint density at radius 1 is 1.64 bits per heavy atom. The van der Waals surface area contributed by atoms with Crippen molar-refractivity contribution in [2.75, 3.05) is 0 Å². The molecule has 3 heteroatoms. The van der Waals surface area contributed by atoms with Gasteiger partial charge in [-0.3, -0.25) is 0 Å². The molecular formula is C8H14NOP. The second-order valence-electron chi connectivity index (χ2n) is 3.49. The Bertz CT molecular complexity index is 218. The van der Waals surface area contributed by atoms with E-state index < -0.39 is 0 Å². The lowest BCUT2D eigenvalue weighted by molar-refractivity contribution is 0.0969. The van der Waals surface area contributed by atoms with Gasteiger partial charge in [0.25, 0.3) is 0 Å². The first-order chi connectivity index (χ1) is 4.94. The molecule has 0 bridgehead atoms. The minimum atomic E-state index is -0.325. The summed E-state index contributed by atoms with van der Waals surface area (Å²) >= 11 is 0. The van der Waals surface area contributed by atoms with Crippen molar-refractivity contribution in [2.24, 2.45) is 5.41 Å². The van der Waals surface area contributed by atoms with Crippen LogP contribution in [0.3, 0.4) is 0 Å². The molecule has 0 aromatic rings. The number of hydrogen-bond donors (Lipinski definition) is 2. The Morgan fingerprint density at radius 2 is 2.09 bits per heavy atom. The van der Waals surface area contributed by atoms with Crippen LogP contribution in [-0.4, -0.2) is 16.7 Å². The molecule has 2 nitrogen and oxygen atoms in total. The van der Waals surface area contributed by atoms with E-state index in [2.05, 4.69) is 0 Å². The van der Waals surface area contributed by atoms with Crippen molar-refractivity contribution in [2.45, 2.75) is 26.9 Å². The molecule has 1 rings (SSSR count). The maximum Gasteiger partial charge on any atom is 0.0603 e. The van der Waals surface area contributed by atoms with Crippen molar-refractivity contribution in [3.63, 3.8) is 0 Å². The number of nitrogens with one attached hydrogen (secondary N) is 1. The van der Waals surface area contributed by atoms with E-state index in [0.29, 0.717) is 14.0 Å². The largest absolute Gasteiger partial charge is 0.393 e. The van der Waals surface area contributed by atoms with E-state index in [-0.39, 0.29) is 11.5 Å². The van der Waals surface area contributed by atoms with Crippen LogP contribution in [0.4, 0.5) is 0 Å². The molecular weight excluding hydrogens is 157 g/mol. The highest BCUT2D eigenvalue weighted by molar-refractivity contribution is 7.66. The minimum Gasteiger partial charge on any atom is -0.393 e. The van der Waals surface area contributed by atoms with Crippen LogP contribution in [0.2, 0.25) is 0 Å². The van der Waals surface area contributed by atoms with Gasteiger partial charge in [0.05, 0.1) is 11.6 Å². The molecule has 0 aliphatic carbocycles. The number of hydrogen-bond acceptors (Lipinski definition) is 2. The molecule has 11 heavy (non-hydrogen) atoms. The smallest absolute Gasteiger partial charge is 0.0603 e. The fourth-order valence-corrected chi connectivity index (χ4v) is 1.88. The number of allylic oxidation sites excluding steroid dienone is 1. The maximum atomic E-state index is 9.39. The Kier molecular flexibility index (Phi) is 2.17. The van der Waals surface area contributed by atoms with Crippen molar-refractivity contribution in [1.82, 2.24) is 0 Å². The lowest BCUT2D eigenvalue weighted by Gasteiger charge is -2.35. The summed E-state index contributed by atoms with van der Waals surface area (Å²) in [6, 6.07) is 0. The van der Waals surface area contributed by atoms with Crippen molar-refractivity contribution >= 4 is 14.0 Å². The molecule has 62 valence electrons. The Balaban J connectivity index is 2.75. The molecule has 2 atom stereocenters. The molecule has 0 aromatic carbocycles. The zero-order valence-electron chi connectivity index (χ0n) is 7.10. The molecule has 1 heterocycles. The van der Waals surface area contributed by atoms with E-state index in [1.54, 1.807) is 6.92 Å². The second kappa shape index (κ2) is 2.69. The van der Waals surface area contributed by atoms with Gasteiger partial charge in [0.1, 0.15) is 0 Å². The maximum absolute atomic E-state index is 9.39. The van der Waals surface area contributed by atoms with E-state index in [9.17, 15) is 5.11 Å². The third-order valence-electron chi connectivity index (χ3n) is 2.30. The van der Waals surface area contributed by atoms with E-state index in [1.165, 1.54) is 5.31 Å². The van der Waals surface area contributed by atoms with Crippen LogP contribution < -0.4 is 0 Å². The molecule has 0 amide bonds. The zero-order chi connectivity index (χ0) is 8.65. The van der Waals surface area contributed by atoms with Crippen LogP contribution in [0, 0.1) is 10.8 Å². The van der Waals surface area contributed by atoms with Crippen molar-refractivity contribution in [1.29, 1.82) is 5.41 Å². The van der Waals surface area contributed by atoms with Crippen LogP contribution in [0.15, 0.2) is 11.4 Å². The number of aliphatic hydroxyl groups excluding tert-OH is 1. The Morgan fingerprint density at radius 3 is 2.36 bits per heavy atom. The average Bonchev–Trinajstić information content (AvgIpc) is 1.80. The summed E-state index contributed by atoms with van der Waals surface area (Å²) in [5, 5.41) is 17.9. The first kappa shape index (κ1) is 8.89. The lowest BCUT2D eigenvalue weighted by atomic mass is 9.86. The summed E-state index contributed by atoms with van der Waals surface area (Å²) in [6.45, 7) is 5.83. The summed E-state index contributed by atoms with van der Waals surface area (Å²) in [5.74, 6) is 0. The molecule has 1 aliphatic heterocycles. The zero-order valence-corrected chi connectivity index (χ0v) is 8.10. The normalized spacial score (nSPS) is 22.9. The topological polar surface area (TPSA) is 44.1 Å². The van der Waals surface area contributed by atoms with Crippen molar-refractivity contribution < 1.29 is 5.11 Å². The molecule has 1 unspecified atom stereocenters. The fourth-order valence-electron chi connectivity index (χ4n) is 0.856. The van der Waals surface area contributed by atoms with Crippen molar-refractivity contribution in [3.8, 4) is 0 Å². The van der Waals surface area contributed by atoms with Gasteiger partial charge in [-0.25, -0.2) is 0 Å². The van der Waals surface area contributed by atoms with Gasteiger partial charge < -0.3 is 10.5 Å². The number of aliphatic hydroxyl groups is 1. The predicted molar refractivity (Wildman–Crippen MR) is 49.6 cm³/mol. The lowest BCUT2D eigenvalue weighted by Crippen LogP contribution is -2.29. The van der Waals surface area contributed by atoms with Gasteiger partial charge in [0.15, 0.2) is 0 Å². The Hall–Kier alpha value is -0.200.